The largest absolute Gasteiger partial charge is 0.442 e. The minimum absolute atomic E-state index is 0.0137. The highest BCUT2D eigenvalue weighted by molar-refractivity contribution is 7.80. The third kappa shape index (κ3) is 4.39. The van der Waals surface area contributed by atoms with Gasteiger partial charge in [-0.3, -0.25) is 4.90 Å². The molecule has 1 unspecified atom stereocenters. The van der Waals surface area contributed by atoms with Gasteiger partial charge in [-0.05, 0) is 37.1 Å². The summed E-state index contributed by atoms with van der Waals surface area (Å²) in [5.41, 5.74) is 1.08. The molecule has 2 heterocycles. The van der Waals surface area contributed by atoms with E-state index in [9.17, 15) is 13.6 Å². The van der Waals surface area contributed by atoms with Crippen molar-refractivity contribution in [3.8, 4) is 6.07 Å². The van der Waals surface area contributed by atoms with Crippen LogP contribution in [0.15, 0.2) is 29.8 Å². The molecule has 0 radical (unpaired) electrons. The van der Waals surface area contributed by atoms with Gasteiger partial charge in [-0.2, -0.15) is 5.26 Å². The molecule has 9 heteroatoms. The average Bonchev–Trinajstić information content (AvgIpc) is 3.02. The maximum Gasteiger partial charge on any atom is 0.414 e. The lowest BCUT2D eigenvalue weighted by molar-refractivity contribution is 0.143. The number of nitriles is 1. The van der Waals surface area contributed by atoms with E-state index in [0.717, 1.165) is 0 Å². The molecule has 0 aromatic heterocycles. The number of ether oxygens (including phenoxy) is 1. The summed E-state index contributed by atoms with van der Waals surface area (Å²) >= 11 is 4.94. The molecule has 2 aliphatic rings. The molecule has 0 aliphatic carbocycles. The fourth-order valence-electron chi connectivity index (χ4n) is 3.30. The number of carbonyl (C=O) groups is 1. The minimum Gasteiger partial charge on any atom is -0.442 e. The van der Waals surface area contributed by atoms with Crippen LogP contribution < -0.4 is 15.1 Å². The van der Waals surface area contributed by atoms with Crippen LogP contribution in [-0.2, 0) is 4.74 Å². The Morgan fingerprint density at radius 3 is 2.93 bits per heavy atom. The van der Waals surface area contributed by atoms with E-state index < -0.39 is 18.1 Å². The number of hydrogen-bond acceptors (Lipinski definition) is 5. The van der Waals surface area contributed by atoms with Crippen LogP contribution in [0, 0.1) is 17.1 Å². The lowest BCUT2D eigenvalue weighted by atomic mass is 10.0. The number of nitrogens with one attached hydrogen (secondary N) is 1. The predicted octanol–water partition coefficient (Wildman–Crippen LogP) is 3.09. The summed E-state index contributed by atoms with van der Waals surface area (Å²) in [5, 5.41) is 11.6. The van der Waals surface area contributed by atoms with Crippen molar-refractivity contribution in [2.75, 3.05) is 36.0 Å². The Morgan fingerprint density at radius 2 is 2.29 bits per heavy atom. The molecule has 0 bridgehead atoms. The zero-order valence-electron chi connectivity index (χ0n) is 15.3. The van der Waals surface area contributed by atoms with Gasteiger partial charge in [0.15, 0.2) is 0 Å². The first-order chi connectivity index (χ1) is 13.4. The molecule has 28 heavy (non-hydrogen) atoms. The first kappa shape index (κ1) is 20.0. The monoisotopic (exact) mass is 406 g/mol. The smallest absolute Gasteiger partial charge is 0.414 e. The highest BCUT2D eigenvalue weighted by Crippen LogP contribution is 2.31. The summed E-state index contributed by atoms with van der Waals surface area (Å²) in [7, 11) is 0. The van der Waals surface area contributed by atoms with Gasteiger partial charge in [0, 0.05) is 12.6 Å². The number of piperidine rings is 1. The molecule has 2 atom stereocenters. The molecule has 0 spiro atoms. The van der Waals surface area contributed by atoms with E-state index in [-0.39, 0.29) is 24.9 Å². The summed E-state index contributed by atoms with van der Waals surface area (Å²) in [6.07, 6.45) is -0.653. The van der Waals surface area contributed by atoms with E-state index in [1.165, 1.54) is 23.1 Å². The van der Waals surface area contributed by atoms with Crippen molar-refractivity contribution in [2.24, 2.45) is 0 Å². The summed E-state index contributed by atoms with van der Waals surface area (Å²) < 4.78 is 34.1. The Labute approximate surface area is 167 Å². The second-order valence-corrected chi connectivity index (χ2v) is 7.31. The fraction of sp³-hybridized carbons (Fsp3) is 0.421. The molecular weight excluding hydrogens is 386 g/mol. The van der Waals surface area contributed by atoms with Crippen molar-refractivity contribution in [2.45, 2.75) is 25.6 Å². The molecule has 1 amide bonds. The number of thiocarbonyl (C=S) groups is 1. The first-order valence-corrected chi connectivity index (χ1v) is 9.29. The molecule has 2 aliphatic heterocycles. The van der Waals surface area contributed by atoms with Crippen molar-refractivity contribution >= 4 is 34.7 Å². The molecule has 0 saturated carbocycles. The zero-order chi connectivity index (χ0) is 20.3. The van der Waals surface area contributed by atoms with Gasteiger partial charge < -0.3 is 15.0 Å². The first-order valence-electron chi connectivity index (χ1n) is 8.88. The van der Waals surface area contributed by atoms with Crippen molar-refractivity contribution in [1.82, 2.24) is 5.32 Å². The number of nitrogens with zero attached hydrogens (tertiary/aromatic N) is 3. The number of alkyl halides is 1. The normalized spacial score (nSPS) is 23.5. The van der Waals surface area contributed by atoms with Gasteiger partial charge in [-0.25, -0.2) is 13.6 Å². The molecule has 1 aromatic carbocycles. The van der Waals surface area contributed by atoms with E-state index in [0.29, 0.717) is 35.8 Å². The van der Waals surface area contributed by atoms with Crippen LogP contribution in [0.3, 0.4) is 0 Å². The van der Waals surface area contributed by atoms with Gasteiger partial charge in [0.1, 0.15) is 18.1 Å². The maximum atomic E-state index is 14.7. The fourth-order valence-corrected chi connectivity index (χ4v) is 3.39. The van der Waals surface area contributed by atoms with E-state index in [1.807, 2.05) is 6.07 Å². The quantitative estimate of drug-likeness (QED) is 0.612. The van der Waals surface area contributed by atoms with Crippen LogP contribution >= 0.6 is 12.2 Å². The van der Waals surface area contributed by atoms with Gasteiger partial charge in [0.05, 0.1) is 42.1 Å². The number of rotatable bonds is 4. The minimum atomic E-state index is -1.31. The lowest BCUT2D eigenvalue weighted by Gasteiger charge is -2.32. The van der Waals surface area contributed by atoms with E-state index >= 15 is 0 Å². The summed E-state index contributed by atoms with van der Waals surface area (Å²) in [6, 6.07) is 6.25. The van der Waals surface area contributed by atoms with Crippen LogP contribution in [0.4, 0.5) is 25.0 Å². The third-order valence-electron chi connectivity index (χ3n) is 4.74. The van der Waals surface area contributed by atoms with E-state index in [4.69, 9.17) is 22.2 Å². The topological polar surface area (TPSA) is 68.6 Å². The van der Waals surface area contributed by atoms with Crippen molar-refractivity contribution in [1.29, 1.82) is 5.26 Å². The third-order valence-corrected chi connectivity index (χ3v) is 4.88. The summed E-state index contributed by atoms with van der Waals surface area (Å²) in [5.74, 6) is -0.540. The van der Waals surface area contributed by atoms with Crippen molar-refractivity contribution in [3.63, 3.8) is 0 Å². The average molecular weight is 406 g/mol. The van der Waals surface area contributed by atoms with Crippen LogP contribution in [0.5, 0.6) is 0 Å². The number of hydrogen-bond donors (Lipinski definition) is 1. The number of benzene rings is 1. The van der Waals surface area contributed by atoms with Crippen LogP contribution in [-0.4, -0.2) is 49.5 Å². The molecule has 6 nitrogen and oxygen atoms in total. The van der Waals surface area contributed by atoms with Gasteiger partial charge in [-0.15, -0.1) is 0 Å². The molecular formula is C19H20F2N4O2S. The standard InChI is InChI=1S/C19H20F2N4O2S/c1-12(28)23-9-15-10-25(19(26)27-15)14-2-3-18(16(20)8-14)24-7-5-13(4-6-22)17(21)11-24/h2-4,8,15,17H,5,7,9-11H2,1H3,(H,23,28)/b13-4+/t15-,17?/m0/s1. The lowest BCUT2D eigenvalue weighted by Crippen LogP contribution is -2.38. The molecule has 3 rings (SSSR count). The van der Waals surface area contributed by atoms with E-state index in [1.54, 1.807) is 17.9 Å². The number of cyclic esters (lactones) is 1. The Balaban J connectivity index is 1.69. The Morgan fingerprint density at radius 1 is 1.50 bits per heavy atom. The number of carbonyl (C=O) groups excluding carboxylic acids is 1. The van der Waals surface area contributed by atoms with Gasteiger partial charge in [0.2, 0.25) is 0 Å². The predicted molar refractivity (Wildman–Crippen MR) is 106 cm³/mol. The van der Waals surface area contributed by atoms with Crippen LogP contribution in [0.2, 0.25) is 0 Å². The maximum absolute atomic E-state index is 14.7. The number of allylic oxidation sites excluding steroid dienone is 1. The van der Waals surface area contributed by atoms with Crippen molar-refractivity contribution in [3.05, 3.63) is 35.7 Å². The zero-order valence-corrected chi connectivity index (χ0v) is 16.1. The molecule has 2 fully saturated rings. The van der Waals surface area contributed by atoms with Crippen molar-refractivity contribution < 1.29 is 18.3 Å². The highest BCUT2D eigenvalue weighted by atomic mass is 32.1. The number of anilines is 2. The molecule has 1 aromatic rings. The Bertz CT molecular complexity index is 855. The van der Waals surface area contributed by atoms with Gasteiger partial charge in [-0.1, -0.05) is 12.2 Å². The summed E-state index contributed by atoms with van der Waals surface area (Å²) in [6.45, 7) is 2.81. The van der Waals surface area contributed by atoms with Crippen LogP contribution in [0.25, 0.3) is 0 Å². The molecule has 2 saturated heterocycles. The molecule has 148 valence electrons. The summed E-state index contributed by atoms with van der Waals surface area (Å²) in [4.78, 5) is 15.7. The number of halogens is 2. The Kier molecular flexibility index (Phi) is 6.09. The second kappa shape index (κ2) is 8.52. The number of amides is 1. The van der Waals surface area contributed by atoms with Gasteiger partial charge >= 0.3 is 6.09 Å². The Hall–Kier alpha value is -2.73. The van der Waals surface area contributed by atoms with Crippen LogP contribution in [0.1, 0.15) is 13.3 Å². The highest BCUT2D eigenvalue weighted by Gasteiger charge is 2.33. The SMILES string of the molecule is CC(=S)NC[C@H]1CN(c2ccc(N3CC/C(=C\C#N)C(F)C3)c(F)c2)C(=O)O1. The molecule has 1 N–H and O–H groups in total. The van der Waals surface area contributed by atoms with E-state index in [2.05, 4.69) is 5.32 Å². The second-order valence-electron chi connectivity index (χ2n) is 6.70. The van der Waals surface area contributed by atoms with Gasteiger partial charge in [0.25, 0.3) is 0 Å².